The molecule has 0 N–H and O–H groups in total. The van der Waals surface area contributed by atoms with Gasteiger partial charge in [-0.25, -0.2) is 8.42 Å². The normalized spacial score (nSPS) is 16.2. The van der Waals surface area contributed by atoms with Crippen molar-refractivity contribution < 1.29 is 22.6 Å². The topological polar surface area (TPSA) is 92.5 Å². The van der Waals surface area contributed by atoms with Gasteiger partial charge in [0.15, 0.2) is 21.5 Å². The van der Waals surface area contributed by atoms with Crippen LogP contribution in [0.15, 0.2) is 42.5 Å². The minimum Gasteiger partial charge on any atom is -0.494 e. The van der Waals surface area contributed by atoms with E-state index in [0.29, 0.717) is 46.9 Å². The van der Waals surface area contributed by atoms with Crippen LogP contribution in [0.2, 0.25) is 5.02 Å². The second-order valence-corrected chi connectivity index (χ2v) is 10.4. The summed E-state index contributed by atoms with van der Waals surface area (Å²) in [7, 11) is -0.397. The molecule has 1 atom stereocenters. The van der Waals surface area contributed by atoms with Crippen LogP contribution in [0.3, 0.4) is 0 Å². The Hall–Kier alpha value is -2.62. The van der Waals surface area contributed by atoms with E-state index in [4.69, 9.17) is 25.8 Å². The Morgan fingerprint density at radius 2 is 1.79 bits per heavy atom. The fourth-order valence-electron chi connectivity index (χ4n) is 3.90. The first-order chi connectivity index (χ1) is 15.9. The molecule has 4 rings (SSSR count). The molecule has 1 saturated heterocycles. The number of sulfone groups is 1. The van der Waals surface area contributed by atoms with Crippen LogP contribution in [0.25, 0.3) is 5.69 Å². The number of hydrogen-bond donors (Lipinski definition) is 0. The van der Waals surface area contributed by atoms with E-state index in [1.165, 1.54) is 0 Å². The Balaban J connectivity index is 1.70. The Morgan fingerprint density at radius 3 is 2.39 bits per heavy atom. The van der Waals surface area contributed by atoms with Gasteiger partial charge in [-0.2, -0.15) is 0 Å². The first kappa shape index (κ1) is 23.5. The molecule has 0 spiro atoms. The molecule has 1 aromatic heterocycles. The Kier molecular flexibility index (Phi) is 7.21. The van der Waals surface area contributed by atoms with Crippen molar-refractivity contribution in [1.29, 1.82) is 0 Å². The van der Waals surface area contributed by atoms with E-state index in [0.717, 1.165) is 18.4 Å². The number of hydrogen-bond acceptors (Lipinski definition) is 7. The van der Waals surface area contributed by atoms with Crippen LogP contribution in [0, 0.1) is 0 Å². The Morgan fingerprint density at radius 1 is 1.09 bits per heavy atom. The maximum Gasteiger partial charge on any atom is 0.167 e. The zero-order chi connectivity index (χ0) is 23.4. The predicted octanol–water partition coefficient (Wildman–Crippen LogP) is 3.95. The van der Waals surface area contributed by atoms with Crippen LogP contribution in [-0.2, 0) is 26.7 Å². The molecule has 0 unspecified atom stereocenters. The van der Waals surface area contributed by atoms with E-state index in [1.807, 2.05) is 12.1 Å². The molecule has 8 nitrogen and oxygen atoms in total. The van der Waals surface area contributed by atoms with Crippen LogP contribution in [-0.4, -0.2) is 49.8 Å². The zero-order valence-corrected chi connectivity index (χ0v) is 20.1. The largest absolute Gasteiger partial charge is 0.494 e. The van der Waals surface area contributed by atoms with Gasteiger partial charge in [0, 0.05) is 11.6 Å². The highest BCUT2D eigenvalue weighted by molar-refractivity contribution is 7.90. The highest BCUT2D eigenvalue weighted by Gasteiger charge is 2.30. The maximum atomic E-state index is 13.1. The highest BCUT2D eigenvalue weighted by Crippen LogP contribution is 2.37. The van der Waals surface area contributed by atoms with Gasteiger partial charge in [0.2, 0.25) is 0 Å². The lowest BCUT2D eigenvalue weighted by molar-refractivity contribution is 0.103. The summed E-state index contributed by atoms with van der Waals surface area (Å²) in [5, 5.41) is 9.21. The van der Waals surface area contributed by atoms with Crippen LogP contribution in [0.5, 0.6) is 11.5 Å². The number of ether oxygens (including phenoxy) is 3. The molecule has 10 heteroatoms. The van der Waals surface area contributed by atoms with Crippen molar-refractivity contribution >= 4 is 21.4 Å². The molecule has 33 heavy (non-hydrogen) atoms. The van der Waals surface area contributed by atoms with Gasteiger partial charge < -0.3 is 14.2 Å². The van der Waals surface area contributed by atoms with Crippen molar-refractivity contribution in [3.63, 3.8) is 0 Å². The van der Waals surface area contributed by atoms with Gasteiger partial charge >= 0.3 is 0 Å². The first-order valence-corrected chi connectivity index (χ1v) is 12.8. The molecular formula is C23H26ClN3O5S. The molecule has 0 amide bonds. The van der Waals surface area contributed by atoms with Crippen LogP contribution >= 0.6 is 11.6 Å². The number of methoxy groups -OCH3 is 2. The van der Waals surface area contributed by atoms with Crippen molar-refractivity contribution in [2.45, 2.75) is 31.1 Å². The molecule has 3 aromatic rings. The summed E-state index contributed by atoms with van der Waals surface area (Å²) in [6.07, 6.45) is 1.77. The van der Waals surface area contributed by atoms with Crippen molar-refractivity contribution in [3.05, 3.63) is 64.7 Å². The van der Waals surface area contributed by atoms with E-state index >= 15 is 0 Å². The summed E-state index contributed by atoms with van der Waals surface area (Å²) < 4.78 is 44.8. The SMILES string of the molecule is COc1cccc(OC)c1-n1c(CS(=O)(=O)CCc2ccc(Cl)cc2)nnc1[C@@H]1CCCO1. The van der Waals surface area contributed by atoms with Crippen molar-refractivity contribution in [1.82, 2.24) is 14.8 Å². The third kappa shape index (κ3) is 5.31. The lowest BCUT2D eigenvalue weighted by atomic mass is 10.2. The summed E-state index contributed by atoms with van der Waals surface area (Å²) in [5.41, 5.74) is 1.46. The number of halogens is 1. The van der Waals surface area contributed by atoms with Gasteiger partial charge in [0.05, 0.1) is 20.0 Å². The lowest BCUT2D eigenvalue weighted by Gasteiger charge is -2.19. The minimum atomic E-state index is -3.50. The number of nitrogens with zero attached hydrogens (tertiary/aromatic N) is 3. The minimum absolute atomic E-state index is 0.0280. The standard InChI is InChI=1S/C23H26ClN3O5S/c1-30-18-5-3-6-19(31-2)22(18)27-21(25-26-23(27)20-7-4-13-32-20)15-33(28,29)14-12-16-8-10-17(24)11-9-16/h3,5-6,8-11,20H,4,7,12-15H2,1-2H3/t20-/m0/s1. The number of para-hydroxylation sites is 1. The predicted molar refractivity (Wildman–Crippen MR) is 125 cm³/mol. The first-order valence-electron chi connectivity index (χ1n) is 10.6. The molecule has 2 aromatic carbocycles. The number of rotatable bonds is 9. The van der Waals surface area contributed by atoms with Gasteiger partial charge in [-0.3, -0.25) is 4.57 Å². The van der Waals surface area contributed by atoms with Crippen LogP contribution in [0.1, 0.15) is 36.2 Å². The quantitative estimate of drug-likeness (QED) is 0.447. The molecule has 1 fully saturated rings. The van der Waals surface area contributed by atoms with E-state index in [1.54, 1.807) is 49.1 Å². The molecule has 0 aliphatic carbocycles. The summed E-state index contributed by atoms with van der Waals surface area (Å²) in [5.74, 6) is 1.57. The van der Waals surface area contributed by atoms with Gasteiger partial charge in [-0.15, -0.1) is 10.2 Å². The molecule has 0 saturated carbocycles. The van der Waals surface area contributed by atoms with E-state index in [-0.39, 0.29) is 17.6 Å². The van der Waals surface area contributed by atoms with Crippen molar-refractivity contribution in [3.8, 4) is 17.2 Å². The Labute approximate surface area is 198 Å². The number of aryl methyl sites for hydroxylation is 1. The smallest absolute Gasteiger partial charge is 0.167 e. The van der Waals surface area contributed by atoms with Crippen LogP contribution in [0.4, 0.5) is 0 Å². The van der Waals surface area contributed by atoms with Gasteiger partial charge in [0.1, 0.15) is 29.0 Å². The maximum absolute atomic E-state index is 13.1. The average molecular weight is 492 g/mol. The summed E-state index contributed by atoms with van der Waals surface area (Å²) in [6, 6.07) is 12.5. The second kappa shape index (κ2) is 10.1. The summed E-state index contributed by atoms with van der Waals surface area (Å²) in [6.45, 7) is 0.620. The molecule has 1 aliphatic rings. The Bertz CT molecular complexity index is 1180. The summed E-state index contributed by atoms with van der Waals surface area (Å²) >= 11 is 5.92. The van der Waals surface area contributed by atoms with E-state index in [9.17, 15) is 8.42 Å². The lowest BCUT2D eigenvalue weighted by Crippen LogP contribution is -2.17. The highest BCUT2D eigenvalue weighted by atomic mass is 35.5. The molecule has 2 heterocycles. The van der Waals surface area contributed by atoms with Gasteiger partial charge in [-0.05, 0) is 49.1 Å². The molecule has 176 valence electrons. The second-order valence-electron chi connectivity index (χ2n) is 7.79. The van der Waals surface area contributed by atoms with E-state index in [2.05, 4.69) is 10.2 Å². The third-order valence-corrected chi connectivity index (χ3v) is 7.34. The fourth-order valence-corrected chi connectivity index (χ4v) is 5.30. The van der Waals surface area contributed by atoms with Crippen molar-refractivity contribution in [2.24, 2.45) is 0 Å². The van der Waals surface area contributed by atoms with E-state index < -0.39 is 9.84 Å². The monoisotopic (exact) mass is 491 g/mol. The summed E-state index contributed by atoms with van der Waals surface area (Å²) in [4.78, 5) is 0. The average Bonchev–Trinajstić information content (AvgIpc) is 3.48. The van der Waals surface area contributed by atoms with Gasteiger partial charge in [-0.1, -0.05) is 29.8 Å². The zero-order valence-electron chi connectivity index (χ0n) is 18.5. The van der Waals surface area contributed by atoms with Gasteiger partial charge in [0.25, 0.3) is 0 Å². The van der Waals surface area contributed by atoms with Crippen LogP contribution < -0.4 is 9.47 Å². The van der Waals surface area contributed by atoms with Crippen molar-refractivity contribution in [2.75, 3.05) is 26.6 Å². The number of aromatic nitrogens is 3. The third-order valence-electron chi connectivity index (χ3n) is 5.56. The number of benzene rings is 2. The molecule has 1 aliphatic heterocycles. The molecular weight excluding hydrogens is 466 g/mol. The fraction of sp³-hybridized carbons (Fsp3) is 0.391. The molecule has 0 bridgehead atoms. The molecule has 0 radical (unpaired) electrons.